The van der Waals surface area contributed by atoms with Crippen LogP contribution in [0.5, 0.6) is 17.2 Å². The molecule has 5 heteroatoms. The number of aliphatic hydroxyl groups is 1. The highest BCUT2D eigenvalue weighted by Gasteiger charge is 2.17. The Hall–Kier alpha value is -4.22. The van der Waals surface area contributed by atoms with Gasteiger partial charge in [0, 0.05) is 17.4 Å². The summed E-state index contributed by atoms with van der Waals surface area (Å²) in [5, 5.41) is 10.2. The molecule has 194 valence electrons. The maximum absolute atomic E-state index is 9.03. The summed E-state index contributed by atoms with van der Waals surface area (Å²) in [5.74, 6) is 2.47. The number of hydrogen-bond acceptors (Lipinski definition) is 4. The van der Waals surface area contributed by atoms with Crippen molar-refractivity contribution >= 4 is 10.9 Å². The molecular weight excluding hydrogens is 474 g/mol. The van der Waals surface area contributed by atoms with E-state index >= 15 is 0 Å². The predicted molar refractivity (Wildman–Crippen MR) is 152 cm³/mol. The first-order valence-electron chi connectivity index (χ1n) is 13.0. The van der Waals surface area contributed by atoms with Crippen LogP contribution in [0, 0.1) is 6.92 Å². The number of aromatic nitrogens is 1. The molecule has 0 aliphatic rings. The molecule has 5 nitrogen and oxygen atoms in total. The van der Waals surface area contributed by atoms with Gasteiger partial charge in [-0.3, -0.25) is 0 Å². The molecule has 0 radical (unpaired) electrons. The minimum absolute atomic E-state index is 0.00111. The van der Waals surface area contributed by atoms with Crippen molar-refractivity contribution in [2.75, 3.05) is 19.8 Å². The molecule has 0 atom stereocenters. The van der Waals surface area contributed by atoms with Crippen molar-refractivity contribution in [2.45, 2.75) is 27.0 Å². The van der Waals surface area contributed by atoms with Crippen molar-refractivity contribution in [3.8, 4) is 28.5 Å². The van der Waals surface area contributed by atoms with Gasteiger partial charge in [-0.15, -0.1) is 0 Å². The van der Waals surface area contributed by atoms with Gasteiger partial charge in [-0.25, -0.2) is 0 Å². The third-order valence-electron chi connectivity index (χ3n) is 6.60. The smallest absolute Gasteiger partial charge is 0.120 e. The van der Waals surface area contributed by atoms with Crippen molar-refractivity contribution in [3.63, 3.8) is 0 Å². The Balaban J connectivity index is 1.51. The van der Waals surface area contributed by atoms with Gasteiger partial charge in [-0.05, 0) is 90.7 Å². The quantitative estimate of drug-likeness (QED) is 0.209. The Morgan fingerprint density at radius 1 is 0.711 bits per heavy atom. The van der Waals surface area contributed by atoms with E-state index in [-0.39, 0.29) is 13.2 Å². The lowest BCUT2D eigenvalue weighted by Gasteiger charge is -2.14. The Kier molecular flexibility index (Phi) is 7.95. The number of nitrogens with zero attached hydrogens (tertiary/aromatic N) is 1. The van der Waals surface area contributed by atoms with Gasteiger partial charge >= 0.3 is 0 Å². The lowest BCUT2D eigenvalue weighted by Crippen LogP contribution is -2.04. The zero-order valence-corrected chi connectivity index (χ0v) is 21.9. The van der Waals surface area contributed by atoms with Gasteiger partial charge in [0.05, 0.1) is 18.9 Å². The fourth-order valence-electron chi connectivity index (χ4n) is 4.78. The fourth-order valence-corrected chi connectivity index (χ4v) is 4.78. The Morgan fingerprint density at radius 2 is 1.39 bits per heavy atom. The summed E-state index contributed by atoms with van der Waals surface area (Å²) < 4.78 is 19.7. The second-order valence-electron chi connectivity index (χ2n) is 9.19. The molecule has 0 unspecified atom stereocenters. The first kappa shape index (κ1) is 25.4. The highest BCUT2D eigenvalue weighted by molar-refractivity contribution is 5.92. The predicted octanol–water partition coefficient (Wildman–Crippen LogP) is 7.01. The molecule has 5 aromatic rings. The summed E-state index contributed by atoms with van der Waals surface area (Å²) in [4.78, 5) is 0. The Labute approximate surface area is 223 Å². The topological polar surface area (TPSA) is 52.9 Å². The average Bonchev–Trinajstić information content (AvgIpc) is 3.23. The summed E-state index contributed by atoms with van der Waals surface area (Å²) in [7, 11) is 0. The molecule has 0 fully saturated rings. The van der Waals surface area contributed by atoms with E-state index in [1.54, 1.807) is 0 Å². The average molecular weight is 508 g/mol. The molecule has 4 aromatic carbocycles. The molecule has 38 heavy (non-hydrogen) atoms. The zero-order chi connectivity index (χ0) is 26.3. The van der Waals surface area contributed by atoms with Gasteiger partial charge < -0.3 is 23.9 Å². The second kappa shape index (κ2) is 11.9. The van der Waals surface area contributed by atoms with Crippen LogP contribution >= 0.6 is 0 Å². The number of aliphatic hydroxyl groups excluding tert-OH is 1. The van der Waals surface area contributed by atoms with E-state index < -0.39 is 0 Å². The van der Waals surface area contributed by atoms with Gasteiger partial charge in [0.15, 0.2) is 0 Å². The van der Waals surface area contributed by atoms with Gasteiger partial charge in [-0.1, -0.05) is 42.5 Å². The van der Waals surface area contributed by atoms with Crippen LogP contribution in [-0.2, 0) is 13.2 Å². The molecule has 5 rings (SSSR count). The van der Waals surface area contributed by atoms with Gasteiger partial charge in [0.25, 0.3) is 0 Å². The van der Waals surface area contributed by atoms with Crippen LogP contribution in [-0.4, -0.2) is 29.5 Å². The van der Waals surface area contributed by atoms with E-state index in [0.29, 0.717) is 19.8 Å². The van der Waals surface area contributed by atoms with Crippen molar-refractivity contribution in [3.05, 3.63) is 114 Å². The first-order chi connectivity index (χ1) is 18.7. The third-order valence-corrected chi connectivity index (χ3v) is 6.60. The molecule has 1 aromatic heterocycles. The van der Waals surface area contributed by atoms with Gasteiger partial charge in [0.1, 0.15) is 30.5 Å². The van der Waals surface area contributed by atoms with E-state index in [2.05, 4.69) is 66.1 Å². The van der Waals surface area contributed by atoms with Crippen molar-refractivity contribution in [1.29, 1.82) is 0 Å². The highest BCUT2D eigenvalue weighted by Crippen LogP contribution is 2.36. The number of fused-ring (bicyclic) bond motifs is 1. The second-order valence-corrected chi connectivity index (χ2v) is 9.19. The minimum Gasteiger partial charge on any atom is -0.494 e. The standard InChI is InChI=1S/C33H33NO4/c1-3-36-28-15-11-27(12-16-28)33-24(2)31-21-30(38-23-26-7-5-4-6-8-26)17-18-32(31)34(33)22-25-9-13-29(14-10-25)37-20-19-35/h4-18,21,35H,3,19-20,22-23H2,1-2H3. The molecule has 0 saturated carbocycles. The Bertz CT molecular complexity index is 1470. The monoisotopic (exact) mass is 507 g/mol. The van der Waals surface area contributed by atoms with E-state index in [4.69, 9.17) is 19.3 Å². The van der Waals surface area contributed by atoms with Crippen LogP contribution in [0.15, 0.2) is 97.1 Å². The number of rotatable bonds is 11. The molecule has 0 spiro atoms. The lowest BCUT2D eigenvalue weighted by molar-refractivity contribution is 0.201. The number of aryl methyl sites for hydroxylation is 1. The molecule has 0 aliphatic heterocycles. The van der Waals surface area contributed by atoms with Crippen LogP contribution in [0.1, 0.15) is 23.6 Å². The maximum Gasteiger partial charge on any atom is 0.120 e. The molecule has 0 aliphatic carbocycles. The van der Waals surface area contributed by atoms with Crippen LogP contribution in [0.4, 0.5) is 0 Å². The van der Waals surface area contributed by atoms with Crippen molar-refractivity contribution in [2.24, 2.45) is 0 Å². The highest BCUT2D eigenvalue weighted by atomic mass is 16.5. The molecule has 1 N–H and O–H groups in total. The molecule has 0 saturated heterocycles. The molecular formula is C33H33NO4. The van der Waals surface area contributed by atoms with Crippen LogP contribution in [0.2, 0.25) is 0 Å². The SMILES string of the molecule is CCOc1ccc(-c2c(C)c3cc(OCc4ccccc4)ccc3n2Cc2ccc(OCCO)cc2)cc1. The molecule has 1 heterocycles. The van der Waals surface area contributed by atoms with E-state index in [1.165, 1.54) is 16.6 Å². The van der Waals surface area contributed by atoms with Crippen LogP contribution < -0.4 is 14.2 Å². The minimum atomic E-state index is -0.00111. The van der Waals surface area contributed by atoms with Crippen LogP contribution in [0.3, 0.4) is 0 Å². The lowest BCUT2D eigenvalue weighted by atomic mass is 10.1. The van der Waals surface area contributed by atoms with Gasteiger partial charge in [0.2, 0.25) is 0 Å². The zero-order valence-electron chi connectivity index (χ0n) is 21.9. The molecule has 0 amide bonds. The fraction of sp³-hybridized carbons (Fsp3) is 0.212. The summed E-state index contributed by atoms with van der Waals surface area (Å²) in [6.45, 7) is 6.34. The third kappa shape index (κ3) is 5.68. The summed E-state index contributed by atoms with van der Waals surface area (Å²) >= 11 is 0. The summed E-state index contributed by atoms with van der Waals surface area (Å²) in [6, 6.07) is 32.9. The maximum atomic E-state index is 9.03. The number of hydrogen-bond donors (Lipinski definition) is 1. The summed E-state index contributed by atoms with van der Waals surface area (Å²) in [6.07, 6.45) is 0. The Morgan fingerprint density at radius 3 is 2.11 bits per heavy atom. The molecule has 0 bridgehead atoms. The first-order valence-corrected chi connectivity index (χ1v) is 13.0. The van der Waals surface area contributed by atoms with E-state index in [1.807, 2.05) is 49.4 Å². The van der Waals surface area contributed by atoms with Crippen molar-refractivity contribution < 1.29 is 19.3 Å². The normalized spacial score (nSPS) is 11.0. The number of benzene rings is 4. The summed E-state index contributed by atoms with van der Waals surface area (Å²) in [5.41, 5.74) is 6.97. The van der Waals surface area contributed by atoms with Crippen LogP contribution in [0.25, 0.3) is 22.2 Å². The number of ether oxygens (including phenoxy) is 3. The van der Waals surface area contributed by atoms with E-state index in [9.17, 15) is 0 Å². The van der Waals surface area contributed by atoms with E-state index in [0.717, 1.165) is 39.5 Å². The van der Waals surface area contributed by atoms with Crippen molar-refractivity contribution in [1.82, 2.24) is 4.57 Å². The van der Waals surface area contributed by atoms with Gasteiger partial charge in [-0.2, -0.15) is 0 Å². The largest absolute Gasteiger partial charge is 0.494 e.